The van der Waals surface area contributed by atoms with Crippen molar-refractivity contribution < 1.29 is 0 Å². The molecule has 2 heterocycles. The van der Waals surface area contributed by atoms with Gasteiger partial charge in [0.1, 0.15) is 5.82 Å². The molecule has 3 aromatic rings. The molecule has 0 bridgehead atoms. The molecule has 0 amide bonds. The molecular formula is C18H13BrN4. The highest BCUT2D eigenvalue weighted by Gasteiger charge is 2.23. The minimum atomic E-state index is 0.651. The Morgan fingerprint density at radius 3 is 2.74 bits per heavy atom. The van der Waals surface area contributed by atoms with Crippen molar-refractivity contribution >= 4 is 21.7 Å². The number of nitriles is 1. The summed E-state index contributed by atoms with van der Waals surface area (Å²) in [6.45, 7) is 0.921. The molecule has 4 nitrogen and oxygen atoms in total. The minimum Gasteiger partial charge on any atom is -0.369 e. The van der Waals surface area contributed by atoms with E-state index in [1.807, 2.05) is 41.1 Å². The van der Waals surface area contributed by atoms with E-state index in [4.69, 9.17) is 10.4 Å². The third-order valence-corrected chi connectivity index (χ3v) is 4.48. The van der Waals surface area contributed by atoms with Crippen molar-refractivity contribution in [2.24, 2.45) is 0 Å². The fourth-order valence-corrected chi connectivity index (χ4v) is 3.31. The molecule has 112 valence electrons. The molecule has 5 heteroatoms. The van der Waals surface area contributed by atoms with Gasteiger partial charge in [0.05, 0.1) is 23.0 Å². The molecule has 1 aliphatic rings. The van der Waals surface area contributed by atoms with Crippen molar-refractivity contribution in [2.45, 2.75) is 6.42 Å². The van der Waals surface area contributed by atoms with Gasteiger partial charge in [0.2, 0.25) is 0 Å². The van der Waals surface area contributed by atoms with Crippen LogP contribution in [0, 0.1) is 11.3 Å². The van der Waals surface area contributed by atoms with Gasteiger partial charge < -0.3 is 5.32 Å². The Kier molecular flexibility index (Phi) is 3.40. The van der Waals surface area contributed by atoms with Gasteiger partial charge in [0.25, 0.3) is 0 Å². The summed E-state index contributed by atoms with van der Waals surface area (Å²) in [7, 11) is 0. The van der Waals surface area contributed by atoms with Crippen LogP contribution in [0.3, 0.4) is 0 Å². The predicted molar refractivity (Wildman–Crippen MR) is 93.6 cm³/mol. The van der Waals surface area contributed by atoms with Crippen molar-refractivity contribution in [1.82, 2.24) is 9.78 Å². The predicted octanol–water partition coefficient (Wildman–Crippen LogP) is 4.14. The Balaban J connectivity index is 1.86. The molecule has 0 saturated heterocycles. The fourth-order valence-electron chi connectivity index (χ4n) is 2.91. The Morgan fingerprint density at radius 2 is 2.00 bits per heavy atom. The van der Waals surface area contributed by atoms with Crippen LogP contribution in [0.1, 0.15) is 11.1 Å². The maximum absolute atomic E-state index is 8.94. The van der Waals surface area contributed by atoms with Crippen LogP contribution in [0.5, 0.6) is 0 Å². The number of aromatic nitrogens is 2. The molecule has 0 atom stereocenters. The van der Waals surface area contributed by atoms with Crippen molar-refractivity contribution in [3.05, 3.63) is 64.1 Å². The number of hydrogen-bond acceptors (Lipinski definition) is 3. The zero-order chi connectivity index (χ0) is 15.8. The van der Waals surface area contributed by atoms with E-state index >= 15 is 0 Å². The van der Waals surface area contributed by atoms with E-state index in [9.17, 15) is 0 Å². The van der Waals surface area contributed by atoms with Crippen LogP contribution >= 0.6 is 15.9 Å². The van der Waals surface area contributed by atoms with Gasteiger partial charge in [-0.3, -0.25) is 0 Å². The number of nitrogens with one attached hydrogen (secondary N) is 1. The lowest BCUT2D eigenvalue weighted by Gasteiger charge is -2.06. The van der Waals surface area contributed by atoms with Gasteiger partial charge in [0.15, 0.2) is 0 Å². The van der Waals surface area contributed by atoms with E-state index in [0.717, 1.165) is 40.2 Å². The Labute approximate surface area is 142 Å². The fraction of sp³-hybridized carbons (Fsp3) is 0.111. The maximum atomic E-state index is 8.94. The summed E-state index contributed by atoms with van der Waals surface area (Å²) in [4.78, 5) is 0. The SMILES string of the molecule is N#Cc1ccc(-n2nc(-c3cccc(Br)c3)c3c2NCC3)cc1. The summed E-state index contributed by atoms with van der Waals surface area (Å²) >= 11 is 3.53. The number of anilines is 1. The summed E-state index contributed by atoms with van der Waals surface area (Å²) in [6.07, 6.45) is 0.966. The van der Waals surface area contributed by atoms with E-state index in [0.29, 0.717) is 5.56 Å². The molecule has 0 radical (unpaired) electrons. The molecule has 23 heavy (non-hydrogen) atoms. The average Bonchev–Trinajstić information content (AvgIpc) is 3.17. The maximum Gasteiger partial charge on any atom is 0.133 e. The lowest BCUT2D eigenvalue weighted by Crippen LogP contribution is -2.04. The molecule has 1 N–H and O–H groups in total. The van der Waals surface area contributed by atoms with Crippen molar-refractivity contribution in [3.63, 3.8) is 0 Å². The third-order valence-electron chi connectivity index (χ3n) is 3.99. The summed E-state index contributed by atoms with van der Waals surface area (Å²) in [5.74, 6) is 1.05. The second-order valence-electron chi connectivity index (χ2n) is 5.43. The van der Waals surface area contributed by atoms with E-state index in [-0.39, 0.29) is 0 Å². The third kappa shape index (κ3) is 2.41. The smallest absolute Gasteiger partial charge is 0.133 e. The average molecular weight is 365 g/mol. The normalized spacial score (nSPS) is 12.5. The van der Waals surface area contributed by atoms with Gasteiger partial charge in [-0.2, -0.15) is 10.4 Å². The topological polar surface area (TPSA) is 53.6 Å². The van der Waals surface area contributed by atoms with E-state index in [1.165, 1.54) is 5.56 Å². The van der Waals surface area contributed by atoms with E-state index < -0.39 is 0 Å². The second kappa shape index (κ2) is 5.56. The number of nitrogens with zero attached hydrogens (tertiary/aromatic N) is 3. The van der Waals surface area contributed by atoms with Crippen LogP contribution < -0.4 is 5.32 Å². The molecule has 0 fully saturated rings. The number of fused-ring (bicyclic) bond motifs is 1. The van der Waals surface area contributed by atoms with Gasteiger partial charge >= 0.3 is 0 Å². The van der Waals surface area contributed by atoms with Crippen LogP contribution in [-0.2, 0) is 6.42 Å². The molecule has 1 aliphatic heterocycles. The van der Waals surface area contributed by atoms with Gasteiger partial charge in [0, 0.05) is 22.1 Å². The van der Waals surface area contributed by atoms with Crippen molar-refractivity contribution in [2.75, 3.05) is 11.9 Å². The highest BCUT2D eigenvalue weighted by atomic mass is 79.9. The Morgan fingerprint density at radius 1 is 1.17 bits per heavy atom. The Bertz CT molecular complexity index is 919. The van der Waals surface area contributed by atoms with Crippen LogP contribution in [0.15, 0.2) is 53.0 Å². The van der Waals surface area contributed by atoms with E-state index in [2.05, 4.69) is 39.4 Å². The molecule has 0 aliphatic carbocycles. The lowest BCUT2D eigenvalue weighted by atomic mass is 10.1. The number of benzene rings is 2. The first-order chi connectivity index (χ1) is 11.3. The van der Waals surface area contributed by atoms with Crippen LogP contribution in [0.2, 0.25) is 0 Å². The summed E-state index contributed by atoms with van der Waals surface area (Å²) in [5.41, 5.74) is 4.96. The molecule has 1 aromatic heterocycles. The van der Waals surface area contributed by atoms with Crippen LogP contribution in [0.25, 0.3) is 16.9 Å². The summed E-state index contributed by atoms with van der Waals surface area (Å²) in [5, 5.41) is 17.2. The van der Waals surface area contributed by atoms with Gasteiger partial charge in [-0.1, -0.05) is 28.1 Å². The first-order valence-electron chi connectivity index (χ1n) is 7.38. The molecular weight excluding hydrogens is 352 g/mol. The number of rotatable bonds is 2. The summed E-state index contributed by atoms with van der Waals surface area (Å²) < 4.78 is 2.97. The van der Waals surface area contributed by atoms with Gasteiger partial charge in [-0.15, -0.1) is 0 Å². The largest absolute Gasteiger partial charge is 0.369 e. The molecule has 0 unspecified atom stereocenters. The van der Waals surface area contributed by atoms with Crippen molar-refractivity contribution in [1.29, 1.82) is 5.26 Å². The van der Waals surface area contributed by atoms with Crippen molar-refractivity contribution in [3.8, 4) is 23.0 Å². The zero-order valence-electron chi connectivity index (χ0n) is 12.3. The van der Waals surface area contributed by atoms with Gasteiger partial charge in [-0.25, -0.2) is 4.68 Å². The Hall–Kier alpha value is -2.58. The highest BCUT2D eigenvalue weighted by Crippen LogP contribution is 2.35. The van der Waals surface area contributed by atoms with Gasteiger partial charge in [-0.05, 0) is 42.8 Å². The first-order valence-corrected chi connectivity index (χ1v) is 8.18. The lowest BCUT2D eigenvalue weighted by molar-refractivity contribution is 0.882. The van der Waals surface area contributed by atoms with Crippen LogP contribution in [0.4, 0.5) is 5.82 Å². The highest BCUT2D eigenvalue weighted by molar-refractivity contribution is 9.10. The van der Waals surface area contributed by atoms with Crippen LogP contribution in [-0.4, -0.2) is 16.3 Å². The second-order valence-corrected chi connectivity index (χ2v) is 6.35. The van der Waals surface area contributed by atoms with E-state index in [1.54, 1.807) is 0 Å². The standard InChI is InChI=1S/C18H13BrN4/c19-14-3-1-2-13(10-14)17-16-8-9-21-18(16)23(22-17)15-6-4-12(11-20)5-7-15/h1-7,10,21H,8-9H2. The molecule has 2 aromatic carbocycles. The number of hydrogen-bond donors (Lipinski definition) is 1. The quantitative estimate of drug-likeness (QED) is 0.743. The molecule has 0 saturated carbocycles. The zero-order valence-corrected chi connectivity index (χ0v) is 13.8. The first kappa shape index (κ1) is 14.0. The number of halogens is 1. The summed E-state index contributed by atoms with van der Waals surface area (Å²) in [6, 6.07) is 17.8. The molecule has 4 rings (SSSR count). The minimum absolute atomic E-state index is 0.651. The monoisotopic (exact) mass is 364 g/mol. The molecule has 0 spiro atoms.